The van der Waals surface area contributed by atoms with Crippen LogP contribution in [0.2, 0.25) is 0 Å². The Hall–Kier alpha value is -4.06. The number of nitrogens with one attached hydrogen (secondary N) is 1. The summed E-state index contributed by atoms with van der Waals surface area (Å²) in [5, 5.41) is 13.6. The van der Waals surface area contributed by atoms with Gasteiger partial charge in [0.1, 0.15) is 5.75 Å². The zero-order valence-corrected chi connectivity index (χ0v) is 17.7. The fourth-order valence-electron chi connectivity index (χ4n) is 3.70. The predicted octanol–water partition coefficient (Wildman–Crippen LogP) is 4.11. The molecule has 0 atom stereocenters. The molecule has 3 aromatic carbocycles. The summed E-state index contributed by atoms with van der Waals surface area (Å²) in [6.45, 7) is 0.753. The van der Waals surface area contributed by atoms with E-state index in [0.717, 1.165) is 16.9 Å². The van der Waals surface area contributed by atoms with Crippen molar-refractivity contribution in [1.82, 2.24) is 9.88 Å². The number of benzene rings is 3. The first-order chi connectivity index (χ1) is 15.6. The molecule has 0 spiro atoms. The van der Waals surface area contributed by atoms with Gasteiger partial charge in [-0.25, -0.2) is 0 Å². The highest BCUT2D eigenvalue weighted by Crippen LogP contribution is 2.29. The number of aryl methyl sites for hydroxylation is 1. The Balaban J connectivity index is 1.40. The quantitative estimate of drug-likeness (QED) is 0.434. The van der Waals surface area contributed by atoms with Crippen LogP contribution in [0.3, 0.4) is 0 Å². The maximum Gasteiger partial charge on any atom is 0.293 e. The lowest BCUT2D eigenvalue weighted by atomic mass is 10.1. The summed E-state index contributed by atoms with van der Waals surface area (Å²) in [5.74, 6) is -0.252. The maximum atomic E-state index is 12.8. The van der Waals surface area contributed by atoms with E-state index in [4.69, 9.17) is 4.74 Å². The van der Waals surface area contributed by atoms with Gasteiger partial charge < -0.3 is 19.7 Å². The predicted molar refractivity (Wildman–Crippen MR) is 125 cm³/mol. The minimum Gasteiger partial charge on any atom is -0.502 e. The number of hydrogen-bond acceptors (Lipinski definition) is 4. The van der Waals surface area contributed by atoms with E-state index in [2.05, 4.69) is 5.32 Å². The van der Waals surface area contributed by atoms with Crippen molar-refractivity contribution in [3.63, 3.8) is 0 Å². The first-order valence-corrected chi connectivity index (χ1v) is 10.4. The van der Waals surface area contributed by atoms with Gasteiger partial charge in [-0.15, -0.1) is 0 Å². The molecule has 0 unspecified atom stereocenters. The summed E-state index contributed by atoms with van der Waals surface area (Å²) in [6.07, 6.45) is 0.568. The van der Waals surface area contributed by atoms with Gasteiger partial charge in [0, 0.05) is 24.5 Å². The highest BCUT2D eigenvalue weighted by Gasteiger charge is 2.20. The standard InChI is InChI=1S/C26H24N2O4/c1-28-21-14-7-5-13-20(21)23(24(29)26(28)31)25(30)27-16-9-17-32-22-15-8-6-12-19(22)18-10-3-2-4-11-18/h2-8,10-15,29H,9,16-17H2,1H3,(H,27,30). The van der Waals surface area contributed by atoms with Crippen molar-refractivity contribution in [3.05, 3.63) is 94.8 Å². The van der Waals surface area contributed by atoms with E-state index in [0.29, 0.717) is 30.5 Å². The third-order valence-corrected chi connectivity index (χ3v) is 5.34. The smallest absolute Gasteiger partial charge is 0.293 e. The summed E-state index contributed by atoms with van der Waals surface area (Å²) < 4.78 is 7.29. The molecule has 6 nitrogen and oxygen atoms in total. The fourth-order valence-corrected chi connectivity index (χ4v) is 3.70. The number of amides is 1. The first kappa shape index (κ1) is 21.2. The van der Waals surface area contributed by atoms with Gasteiger partial charge in [0.05, 0.1) is 17.7 Å². The molecule has 0 saturated heterocycles. The van der Waals surface area contributed by atoms with Crippen molar-refractivity contribution >= 4 is 16.8 Å². The molecule has 0 radical (unpaired) electrons. The molecular weight excluding hydrogens is 404 g/mol. The van der Waals surface area contributed by atoms with E-state index in [9.17, 15) is 14.7 Å². The van der Waals surface area contributed by atoms with Gasteiger partial charge in [0.15, 0.2) is 5.75 Å². The molecule has 2 N–H and O–H groups in total. The van der Waals surface area contributed by atoms with Crippen molar-refractivity contribution in [2.75, 3.05) is 13.2 Å². The van der Waals surface area contributed by atoms with Gasteiger partial charge in [0.2, 0.25) is 0 Å². The van der Waals surface area contributed by atoms with E-state index in [1.165, 1.54) is 4.57 Å². The zero-order chi connectivity index (χ0) is 22.5. The van der Waals surface area contributed by atoms with Crippen LogP contribution >= 0.6 is 0 Å². The number of nitrogens with zero attached hydrogens (tertiary/aromatic N) is 1. The second-order valence-corrected chi connectivity index (χ2v) is 7.43. The number of carbonyl (C=O) groups is 1. The van der Waals surface area contributed by atoms with E-state index < -0.39 is 17.2 Å². The van der Waals surface area contributed by atoms with Crippen LogP contribution < -0.4 is 15.6 Å². The molecule has 4 rings (SSSR count). The van der Waals surface area contributed by atoms with Crippen molar-refractivity contribution in [3.8, 4) is 22.6 Å². The number of hydrogen-bond donors (Lipinski definition) is 2. The molecule has 32 heavy (non-hydrogen) atoms. The van der Waals surface area contributed by atoms with Gasteiger partial charge in [-0.2, -0.15) is 0 Å². The summed E-state index contributed by atoms with van der Waals surface area (Å²) in [5.41, 5.74) is 2.06. The third kappa shape index (κ3) is 4.21. The van der Waals surface area contributed by atoms with Gasteiger partial charge in [0.25, 0.3) is 11.5 Å². The molecule has 0 aliphatic heterocycles. The summed E-state index contributed by atoms with van der Waals surface area (Å²) in [7, 11) is 1.57. The van der Waals surface area contributed by atoms with Crippen molar-refractivity contribution in [2.24, 2.45) is 7.05 Å². The van der Waals surface area contributed by atoms with Crippen molar-refractivity contribution in [1.29, 1.82) is 0 Å². The summed E-state index contributed by atoms with van der Waals surface area (Å²) in [6, 6.07) is 24.8. The Morgan fingerprint density at radius 3 is 2.47 bits per heavy atom. The van der Waals surface area contributed by atoms with Crippen LogP contribution in [0.5, 0.6) is 11.5 Å². The van der Waals surface area contributed by atoms with Gasteiger partial charge in [-0.1, -0.05) is 66.7 Å². The van der Waals surface area contributed by atoms with E-state index in [1.807, 2.05) is 54.6 Å². The fraction of sp³-hybridized carbons (Fsp3) is 0.154. The molecule has 0 fully saturated rings. The highest BCUT2D eigenvalue weighted by molar-refractivity contribution is 6.08. The molecule has 1 amide bonds. The van der Waals surface area contributed by atoms with Crippen molar-refractivity contribution in [2.45, 2.75) is 6.42 Å². The van der Waals surface area contributed by atoms with Gasteiger partial charge in [-0.05, 0) is 24.1 Å². The van der Waals surface area contributed by atoms with Crippen LogP contribution in [0.15, 0.2) is 83.7 Å². The molecule has 0 saturated carbocycles. The number of fused-ring (bicyclic) bond motifs is 1. The second-order valence-electron chi connectivity index (χ2n) is 7.43. The summed E-state index contributed by atoms with van der Waals surface area (Å²) in [4.78, 5) is 25.1. The number of carbonyl (C=O) groups excluding carboxylic acids is 1. The molecule has 6 heteroatoms. The van der Waals surface area contributed by atoms with Crippen LogP contribution in [-0.4, -0.2) is 28.7 Å². The number of para-hydroxylation sites is 2. The molecular formula is C26H24N2O4. The average Bonchev–Trinajstić information content (AvgIpc) is 2.83. The minimum atomic E-state index is -0.602. The summed E-state index contributed by atoms with van der Waals surface area (Å²) >= 11 is 0. The molecule has 0 aliphatic carbocycles. The molecule has 162 valence electrons. The average molecular weight is 428 g/mol. The van der Waals surface area contributed by atoms with Crippen LogP contribution in [0.1, 0.15) is 16.8 Å². The number of aromatic hydroxyl groups is 1. The molecule has 0 bridgehead atoms. The van der Waals surface area contributed by atoms with Crippen LogP contribution in [0.25, 0.3) is 22.0 Å². The Morgan fingerprint density at radius 2 is 1.66 bits per heavy atom. The lowest BCUT2D eigenvalue weighted by molar-refractivity contribution is 0.0950. The topological polar surface area (TPSA) is 80.6 Å². The second kappa shape index (κ2) is 9.39. The first-order valence-electron chi connectivity index (χ1n) is 10.4. The van der Waals surface area contributed by atoms with E-state index >= 15 is 0 Å². The Kier molecular flexibility index (Phi) is 6.22. The largest absolute Gasteiger partial charge is 0.502 e. The van der Waals surface area contributed by atoms with E-state index in [1.54, 1.807) is 31.3 Å². The molecule has 1 heterocycles. The Bertz CT molecular complexity index is 1310. The lowest BCUT2D eigenvalue weighted by Crippen LogP contribution is -2.28. The SMILES string of the molecule is Cn1c(=O)c(O)c(C(=O)NCCCOc2ccccc2-c2ccccc2)c2ccccc21. The number of ether oxygens (including phenoxy) is 1. The molecule has 4 aromatic rings. The number of aromatic nitrogens is 1. The number of rotatable bonds is 7. The Labute approximate surface area is 185 Å². The molecule has 0 aliphatic rings. The number of pyridine rings is 1. The lowest BCUT2D eigenvalue weighted by Gasteiger charge is -2.13. The third-order valence-electron chi connectivity index (χ3n) is 5.34. The van der Waals surface area contributed by atoms with Gasteiger partial charge in [-0.3, -0.25) is 9.59 Å². The van der Waals surface area contributed by atoms with E-state index in [-0.39, 0.29) is 5.56 Å². The zero-order valence-electron chi connectivity index (χ0n) is 17.7. The maximum absolute atomic E-state index is 12.8. The van der Waals surface area contributed by atoms with Gasteiger partial charge >= 0.3 is 0 Å². The normalized spacial score (nSPS) is 10.8. The minimum absolute atomic E-state index is 0.000887. The van der Waals surface area contributed by atoms with Crippen LogP contribution in [0, 0.1) is 0 Å². The van der Waals surface area contributed by atoms with Crippen molar-refractivity contribution < 1.29 is 14.6 Å². The van der Waals surface area contributed by atoms with Crippen LogP contribution in [-0.2, 0) is 7.05 Å². The van der Waals surface area contributed by atoms with Crippen LogP contribution in [0.4, 0.5) is 0 Å². The monoisotopic (exact) mass is 428 g/mol. The molecule has 1 aromatic heterocycles. The highest BCUT2D eigenvalue weighted by atomic mass is 16.5. The Morgan fingerprint density at radius 1 is 0.969 bits per heavy atom.